The minimum Gasteiger partial charge on any atom is -0.295 e. The molecule has 6 aliphatic rings. The lowest BCUT2D eigenvalue weighted by Crippen LogP contribution is -2.64. The SMILES string of the molecule is O=C1C[C@@H](N2CCN(C34CC5CC(CC(C5)C3)C4)CC2)C(=O)N1c1ccc(Cl)cc1. The maximum atomic E-state index is 13.1. The standard InChI is InChI=1S/C24H30ClN3O2/c25-19-1-3-20(4-2-19)28-22(29)12-21(23(28)30)26-5-7-27(8-6-26)24-13-16-9-17(14-24)11-18(10-16)15-24/h1-4,16-18,21H,5-15H2/t16?,17?,18?,21-,24?/m1/s1. The van der Waals surface area contributed by atoms with Crippen LogP contribution in [0.2, 0.25) is 5.02 Å². The van der Waals surface area contributed by atoms with E-state index in [0.29, 0.717) is 22.7 Å². The summed E-state index contributed by atoms with van der Waals surface area (Å²) < 4.78 is 0. The number of anilines is 1. The normalized spacial score (nSPS) is 39.3. The Morgan fingerprint density at radius 1 is 0.833 bits per heavy atom. The van der Waals surface area contributed by atoms with E-state index in [-0.39, 0.29) is 17.9 Å². The number of imide groups is 1. The second kappa shape index (κ2) is 7.04. The molecule has 0 unspecified atom stereocenters. The van der Waals surface area contributed by atoms with Crippen LogP contribution in [0.4, 0.5) is 5.69 Å². The second-order valence-electron chi connectivity index (χ2n) is 10.4. The predicted molar refractivity (Wildman–Crippen MR) is 116 cm³/mol. The summed E-state index contributed by atoms with van der Waals surface area (Å²) in [6.07, 6.45) is 8.88. The van der Waals surface area contributed by atoms with E-state index in [1.54, 1.807) is 24.3 Å². The number of hydrogen-bond donors (Lipinski definition) is 0. The molecule has 6 heteroatoms. The van der Waals surface area contributed by atoms with Crippen molar-refractivity contribution in [2.24, 2.45) is 17.8 Å². The molecule has 4 saturated carbocycles. The minimum atomic E-state index is -0.313. The Morgan fingerprint density at radius 2 is 1.40 bits per heavy atom. The number of nitrogens with zero attached hydrogens (tertiary/aromatic N) is 3. The highest BCUT2D eigenvalue weighted by molar-refractivity contribution is 6.30. The van der Waals surface area contributed by atoms with Crippen LogP contribution in [0.1, 0.15) is 44.9 Å². The summed E-state index contributed by atoms with van der Waals surface area (Å²) in [5, 5.41) is 0.607. The molecule has 2 heterocycles. The number of halogens is 1. The van der Waals surface area contributed by atoms with Crippen molar-refractivity contribution >= 4 is 29.1 Å². The Morgan fingerprint density at radius 3 is 1.97 bits per heavy atom. The van der Waals surface area contributed by atoms with Gasteiger partial charge in [-0.1, -0.05) is 11.6 Å². The van der Waals surface area contributed by atoms with Crippen LogP contribution < -0.4 is 4.90 Å². The van der Waals surface area contributed by atoms with Gasteiger partial charge in [0.1, 0.15) is 0 Å². The summed E-state index contributed by atoms with van der Waals surface area (Å²) in [6.45, 7) is 3.84. The lowest BCUT2D eigenvalue weighted by Gasteiger charge is -2.61. The zero-order valence-corrected chi connectivity index (χ0v) is 18.2. The zero-order chi connectivity index (χ0) is 20.5. The maximum absolute atomic E-state index is 13.1. The van der Waals surface area contributed by atoms with Gasteiger partial charge < -0.3 is 0 Å². The summed E-state index contributed by atoms with van der Waals surface area (Å²) in [5.41, 5.74) is 1.06. The van der Waals surface area contributed by atoms with Gasteiger partial charge in [-0.25, -0.2) is 4.90 Å². The van der Waals surface area contributed by atoms with Gasteiger partial charge >= 0.3 is 0 Å². The fourth-order valence-corrected chi connectivity index (χ4v) is 7.85. The van der Waals surface area contributed by atoms with Gasteiger partial charge in [0, 0.05) is 36.7 Å². The highest BCUT2D eigenvalue weighted by Gasteiger charge is 2.54. The highest BCUT2D eigenvalue weighted by Crippen LogP contribution is 2.57. The van der Waals surface area contributed by atoms with Gasteiger partial charge in [-0.05, 0) is 80.5 Å². The summed E-state index contributed by atoms with van der Waals surface area (Å²) in [6, 6.07) is 6.66. The molecule has 0 N–H and O–H groups in total. The van der Waals surface area contributed by atoms with Crippen LogP contribution in [0.5, 0.6) is 0 Å². The largest absolute Gasteiger partial charge is 0.295 e. The van der Waals surface area contributed by atoms with Crippen LogP contribution in [0.25, 0.3) is 0 Å². The monoisotopic (exact) mass is 427 g/mol. The van der Waals surface area contributed by atoms with Crippen LogP contribution in [-0.4, -0.2) is 59.4 Å². The molecular weight excluding hydrogens is 398 g/mol. The minimum absolute atomic E-state index is 0.0782. The van der Waals surface area contributed by atoms with Gasteiger partial charge in [0.05, 0.1) is 18.2 Å². The third-order valence-corrected chi connectivity index (χ3v) is 8.89. The Kier molecular flexibility index (Phi) is 4.52. The molecule has 4 aliphatic carbocycles. The second-order valence-corrected chi connectivity index (χ2v) is 10.9. The molecule has 30 heavy (non-hydrogen) atoms. The van der Waals surface area contributed by atoms with Gasteiger partial charge in [-0.15, -0.1) is 0 Å². The van der Waals surface area contributed by atoms with Gasteiger partial charge in [0.2, 0.25) is 5.91 Å². The number of rotatable bonds is 3. The molecule has 0 aromatic heterocycles. The Labute approximate surface area is 183 Å². The van der Waals surface area contributed by atoms with Crippen molar-refractivity contribution in [1.82, 2.24) is 9.80 Å². The van der Waals surface area contributed by atoms with Crippen molar-refractivity contribution in [2.45, 2.75) is 56.5 Å². The van der Waals surface area contributed by atoms with E-state index in [1.807, 2.05) is 0 Å². The third-order valence-electron chi connectivity index (χ3n) is 8.64. The lowest BCUT2D eigenvalue weighted by molar-refractivity contribution is -0.125. The van der Waals surface area contributed by atoms with E-state index < -0.39 is 0 Å². The number of piperazine rings is 1. The van der Waals surface area contributed by atoms with Gasteiger partial charge in [0.15, 0.2) is 0 Å². The molecule has 2 aliphatic heterocycles. The lowest BCUT2D eigenvalue weighted by atomic mass is 9.52. The smallest absolute Gasteiger partial charge is 0.251 e. The first-order chi connectivity index (χ1) is 14.5. The van der Waals surface area contributed by atoms with Gasteiger partial charge in [-0.3, -0.25) is 19.4 Å². The quantitative estimate of drug-likeness (QED) is 0.692. The number of carbonyl (C=O) groups excluding carboxylic acids is 2. The fraction of sp³-hybridized carbons (Fsp3) is 0.667. The van der Waals surface area contributed by atoms with Crippen LogP contribution in [-0.2, 0) is 9.59 Å². The first-order valence-corrected chi connectivity index (χ1v) is 12.0. The third kappa shape index (κ3) is 3.04. The number of amides is 2. The Balaban J connectivity index is 1.13. The number of hydrogen-bond acceptors (Lipinski definition) is 4. The molecule has 6 fully saturated rings. The van der Waals surface area contributed by atoms with Crippen molar-refractivity contribution in [3.8, 4) is 0 Å². The average Bonchev–Trinajstić information content (AvgIpc) is 3.02. The van der Waals surface area contributed by atoms with Crippen LogP contribution >= 0.6 is 11.6 Å². The fourth-order valence-electron chi connectivity index (χ4n) is 7.72. The summed E-state index contributed by atoms with van der Waals surface area (Å²) >= 11 is 5.97. The van der Waals surface area contributed by atoms with Gasteiger partial charge in [0.25, 0.3) is 5.91 Å². The molecule has 4 bridgehead atoms. The summed E-state index contributed by atoms with van der Waals surface area (Å²) in [4.78, 5) is 32.2. The molecular formula is C24H30ClN3O2. The zero-order valence-electron chi connectivity index (χ0n) is 17.4. The maximum Gasteiger partial charge on any atom is 0.251 e. The Bertz CT molecular complexity index is 826. The first-order valence-electron chi connectivity index (χ1n) is 11.6. The molecule has 7 rings (SSSR count). The molecule has 2 amide bonds. The molecule has 0 radical (unpaired) electrons. The molecule has 160 valence electrons. The molecule has 1 aromatic rings. The van der Waals surface area contributed by atoms with E-state index in [2.05, 4.69) is 9.80 Å². The van der Waals surface area contributed by atoms with E-state index >= 15 is 0 Å². The highest BCUT2D eigenvalue weighted by atomic mass is 35.5. The number of benzene rings is 1. The molecule has 1 atom stereocenters. The van der Waals surface area contributed by atoms with Crippen LogP contribution in [0.15, 0.2) is 24.3 Å². The first kappa shape index (κ1) is 19.3. The van der Waals surface area contributed by atoms with Crippen molar-refractivity contribution in [1.29, 1.82) is 0 Å². The van der Waals surface area contributed by atoms with E-state index in [4.69, 9.17) is 11.6 Å². The van der Waals surface area contributed by atoms with Crippen molar-refractivity contribution < 1.29 is 9.59 Å². The molecule has 2 saturated heterocycles. The molecule has 1 aromatic carbocycles. The van der Waals surface area contributed by atoms with Crippen molar-refractivity contribution in [2.75, 3.05) is 31.1 Å². The van der Waals surface area contributed by atoms with Crippen LogP contribution in [0, 0.1) is 17.8 Å². The van der Waals surface area contributed by atoms with Crippen LogP contribution in [0.3, 0.4) is 0 Å². The number of carbonyl (C=O) groups is 2. The summed E-state index contributed by atoms with van der Waals surface area (Å²) in [5.74, 6) is 2.69. The Hall–Kier alpha value is -1.43. The molecule has 0 spiro atoms. The van der Waals surface area contributed by atoms with Crippen molar-refractivity contribution in [3.05, 3.63) is 29.3 Å². The van der Waals surface area contributed by atoms with Gasteiger partial charge in [-0.2, -0.15) is 0 Å². The van der Waals surface area contributed by atoms with E-state index in [0.717, 1.165) is 43.9 Å². The average molecular weight is 428 g/mol. The topological polar surface area (TPSA) is 43.9 Å². The summed E-state index contributed by atoms with van der Waals surface area (Å²) in [7, 11) is 0. The van der Waals surface area contributed by atoms with E-state index in [1.165, 1.54) is 43.4 Å². The van der Waals surface area contributed by atoms with Crippen molar-refractivity contribution in [3.63, 3.8) is 0 Å². The predicted octanol–water partition coefficient (Wildman–Crippen LogP) is 3.56. The molecule has 5 nitrogen and oxygen atoms in total. The van der Waals surface area contributed by atoms with E-state index in [9.17, 15) is 9.59 Å².